The van der Waals surface area contributed by atoms with Crippen molar-refractivity contribution < 1.29 is 0 Å². The molecule has 0 aliphatic heterocycles. The fraction of sp³-hybridized carbons (Fsp3) is 0.500. The van der Waals surface area contributed by atoms with Gasteiger partial charge < -0.3 is 10.2 Å². The van der Waals surface area contributed by atoms with E-state index in [1.807, 2.05) is 6.07 Å². The van der Waals surface area contributed by atoms with E-state index in [4.69, 9.17) is 4.98 Å². The summed E-state index contributed by atoms with van der Waals surface area (Å²) < 4.78 is 0. The van der Waals surface area contributed by atoms with E-state index in [1.54, 1.807) is 0 Å². The first-order valence-corrected chi connectivity index (χ1v) is 7.70. The average Bonchev–Trinajstić information content (AvgIpc) is 2.37. The Bertz CT molecular complexity index is 599. The summed E-state index contributed by atoms with van der Waals surface area (Å²) >= 11 is 0. The average molecular weight is 285 g/mol. The largest absolute Gasteiger partial charge is 0.370 e. The Morgan fingerprint density at radius 3 is 2.57 bits per heavy atom. The molecule has 0 unspecified atom stereocenters. The van der Waals surface area contributed by atoms with Gasteiger partial charge in [-0.3, -0.25) is 0 Å². The second-order valence-corrected chi connectivity index (χ2v) is 6.95. The zero-order valence-corrected chi connectivity index (χ0v) is 13.9. The molecule has 2 aromatic rings. The standard InChI is InChI=1S/C18H27N3/c1-6-19-17-15(12-21(5)13-18(2,3)4)11-14-9-7-8-10-16(14)20-17/h7-11H,6,12-13H2,1-5H3,(H,19,20). The molecule has 1 aromatic carbocycles. The summed E-state index contributed by atoms with van der Waals surface area (Å²) in [5.74, 6) is 1.01. The molecule has 0 saturated carbocycles. The maximum Gasteiger partial charge on any atom is 0.131 e. The van der Waals surface area contributed by atoms with Crippen molar-refractivity contribution in [2.45, 2.75) is 34.2 Å². The summed E-state index contributed by atoms with van der Waals surface area (Å²) in [6.45, 7) is 11.8. The third kappa shape index (κ3) is 4.43. The van der Waals surface area contributed by atoms with E-state index >= 15 is 0 Å². The van der Waals surface area contributed by atoms with E-state index < -0.39 is 0 Å². The minimum Gasteiger partial charge on any atom is -0.370 e. The quantitative estimate of drug-likeness (QED) is 0.894. The lowest BCUT2D eigenvalue weighted by Gasteiger charge is -2.27. The van der Waals surface area contributed by atoms with Crippen molar-refractivity contribution in [3.8, 4) is 0 Å². The van der Waals surface area contributed by atoms with Crippen molar-refractivity contribution in [1.82, 2.24) is 9.88 Å². The van der Waals surface area contributed by atoms with Gasteiger partial charge >= 0.3 is 0 Å². The number of fused-ring (bicyclic) bond motifs is 1. The van der Waals surface area contributed by atoms with E-state index in [-0.39, 0.29) is 0 Å². The van der Waals surface area contributed by atoms with Crippen molar-refractivity contribution in [3.05, 3.63) is 35.9 Å². The highest BCUT2D eigenvalue weighted by atomic mass is 15.1. The molecule has 1 heterocycles. The second kappa shape index (κ2) is 6.44. The SMILES string of the molecule is CCNc1nc2ccccc2cc1CN(C)CC(C)(C)C. The molecule has 1 N–H and O–H groups in total. The Kier molecular flexibility index (Phi) is 4.84. The van der Waals surface area contributed by atoms with Gasteiger partial charge in [0.1, 0.15) is 5.82 Å². The Labute approximate surface area is 128 Å². The van der Waals surface area contributed by atoms with Gasteiger partial charge in [-0.15, -0.1) is 0 Å². The first-order valence-electron chi connectivity index (χ1n) is 7.70. The fourth-order valence-electron chi connectivity index (χ4n) is 2.76. The minimum absolute atomic E-state index is 0.303. The number of hydrogen-bond donors (Lipinski definition) is 1. The summed E-state index contributed by atoms with van der Waals surface area (Å²) in [6.07, 6.45) is 0. The predicted molar refractivity (Wildman–Crippen MR) is 91.7 cm³/mol. The van der Waals surface area contributed by atoms with Gasteiger partial charge in [-0.05, 0) is 31.5 Å². The third-order valence-electron chi connectivity index (χ3n) is 3.33. The molecule has 2 rings (SSSR count). The molecule has 0 aliphatic carbocycles. The van der Waals surface area contributed by atoms with Crippen LogP contribution >= 0.6 is 0 Å². The molecule has 0 saturated heterocycles. The van der Waals surface area contributed by atoms with E-state index in [1.165, 1.54) is 10.9 Å². The predicted octanol–water partition coefficient (Wildman–Crippen LogP) is 4.14. The first-order chi connectivity index (χ1) is 9.89. The molecular formula is C18H27N3. The van der Waals surface area contributed by atoms with Crippen LogP contribution in [0.25, 0.3) is 10.9 Å². The van der Waals surface area contributed by atoms with Crippen LogP contribution in [-0.4, -0.2) is 30.0 Å². The number of rotatable bonds is 5. The van der Waals surface area contributed by atoms with Crippen LogP contribution < -0.4 is 5.32 Å². The molecule has 0 fully saturated rings. The summed E-state index contributed by atoms with van der Waals surface area (Å²) in [7, 11) is 2.18. The minimum atomic E-state index is 0.303. The number of para-hydroxylation sites is 1. The maximum absolute atomic E-state index is 4.78. The smallest absolute Gasteiger partial charge is 0.131 e. The van der Waals surface area contributed by atoms with Crippen LogP contribution in [0.2, 0.25) is 0 Å². The molecular weight excluding hydrogens is 258 g/mol. The number of nitrogens with zero attached hydrogens (tertiary/aromatic N) is 2. The topological polar surface area (TPSA) is 28.2 Å². The van der Waals surface area contributed by atoms with Crippen LogP contribution in [0.1, 0.15) is 33.3 Å². The molecule has 114 valence electrons. The van der Waals surface area contributed by atoms with Crippen molar-refractivity contribution in [2.75, 3.05) is 25.5 Å². The molecule has 21 heavy (non-hydrogen) atoms. The molecule has 0 amide bonds. The molecule has 0 aliphatic rings. The van der Waals surface area contributed by atoms with Gasteiger partial charge in [0.25, 0.3) is 0 Å². The summed E-state index contributed by atoms with van der Waals surface area (Å²) in [4.78, 5) is 7.14. The van der Waals surface area contributed by atoms with E-state index in [0.717, 1.165) is 31.0 Å². The molecule has 0 radical (unpaired) electrons. The van der Waals surface area contributed by atoms with Gasteiger partial charge in [-0.25, -0.2) is 4.98 Å². The molecule has 0 atom stereocenters. The maximum atomic E-state index is 4.78. The molecule has 3 heteroatoms. The van der Waals surface area contributed by atoms with Crippen LogP contribution in [0.3, 0.4) is 0 Å². The van der Waals surface area contributed by atoms with Gasteiger partial charge in [0.05, 0.1) is 5.52 Å². The van der Waals surface area contributed by atoms with E-state index in [2.05, 4.69) is 69.2 Å². The summed E-state index contributed by atoms with van der Waals surface area (Å²) in [6, 6.07) is 10.6. The number of benzene rings is 1. The molecule has 1 aromatic heterocycles. The monoisotopic (exact) mass is 285 g/mol. The molecule has 0 bridgehead atoms. The highest BCUT2D eigenvalue weighted by Crippen LogP contribution is 2.23. The van der Waals surface area contributed by atoms with Crippen molar-refractivity contribution in [1.29, 1.82) is 0 Å². The summed E-state index contributed by atoms with van der Waals surface area (Å²) in [5, 5.41) is 4.61. The Morgan fingerprint density at radius 1 is 1.19 bits per heavy atom. The molecule has 0 spiro atoms. The lowest BCUT2D eigenvalue weighted by atomic mass is 9.96. The Balaban J connectivity index is 2.29. The second-order valence-electron chi connectivity index (χ2n) is 6.95. The van der Waals surface area contributed by atoms with Gasteiger partial charge in [-0.1, -0.05) is 39.0 Å². The highest BCUT2D eigenvalue weighted by molar-refractivity contribution is 5.81. The van der Waals surface area contributed by atoms with Gasteiger partial charge in [-0.2, -0.15) is 0 Å². The van der Waals surface area contributed by atoms with Crippen molar-refractivity contribution >= 4 is 16.7 Å². The number of anilines is 1. The van der Waals surface area contributed by atoms with Crippen LogP contribution in [0.15, 0.2) is 30.3 Å². The van der Waals surface area contributed by atoms with Crippen LogP contribution in [0, 0.1) is 5.41 Å². The normalized spacial score (nSPS) is 12.1. The van der Waals surface area contributed by atoms with Crippen molar-refractivity contribution in [3.63, 3.8) is 0 Å². The molecule has 3 nitrogen and oxygen atoms in total. The number of aromatic nitrogens is 1. The Hall–Kier alpha value is -1.61. The number of hydrogen-bond acceptors (Lipinski definition) is 3. The number of nitrogens with one attached hydrogen (secondary N) is 1. The van der Waals surface area contributed by atoms with Gasteiger partial charge in [0, 0.05) is 30.6 Å². The zero-order valence-electron chi connectivity index (χ0n) is 13.9. The third-order valence-corrected chi connectivity index (χ3v) is 3.33. The zero-order chi connectivity index (χ0) is 15.5. The van der Waals surface area contributed by atoms with Gasteiger partial charge in [0.2, 0.25) is 0 Å². The van der Waals surface area contributed by atoms with Crippen LogP contribution in [0.5, 0.6) is 0 Å². The Morgan fingerprint density at radius 2 is 1.90 bits per heavy atom. The highest BCUT2D eigenvalue weighted by Gasteiger charge is 2.15. The fourth-order valence-corrected chi connectivity index (χ4v) is 2.76. The van der Waals surface area contributed by atoms with Crippen molar-refractivity contribution in [2.24, 2.45) is 5.41 Å². The lowest BCUT2D eigenvalue weighted by molar-refractivity contribution is 0.221. The van der Waals surface area contributed by atoms with Gasteiger partial charge in [0.15, 0.2) is 0 Å². The number of pyridine rings is 1. The van der Waals surface area contributed by atoms with Crippen LogP contribution in [-0.2, 0) is 6.54 Å². The lowest BCUT2D eigenvalue weighted by Crippen LogP contribution is -2.29. The first kappa shape index (κ1) is 15.8. The van der Waals surface area contributed by atoms with E-state index in [9.17, 15) is 0 Å². The van der Waals surface area contributed by atoms with E-state index in [0.29, 0.717) is 5.41 Å². The van der Waals surface area contributed by atoms with Crippen LogP contribution in [0.4, 0.5) is 5.82 Å². The summed E-state index contributed by atoms with van der Waals surface area (Å²) in [5.41, 5.74) is 2.62.